The Labute approximate surface area is 153 Å². The average molecular weight is 379 g/mol. The molecule has 1 heterocycles. The number of carbonyl (C=O) groups excluding carboxylic acids is 2. The Bertz CT molecular complexity index is 864. The van der Waals surface area contributed by atoms with Crippen LogP contribution in [0.3, 0.4) is 0 Å². The summed E-state index contributed by atoms with van der Waals surface area (Å²) in [5, 5.41) is 0. The zero-order valence-electron chi connectivity index (χ0n) is 14.1. The molecule has 0 aromatic heterocycles. The van der Waals surface area contributed by atoms with Crippen molar-refractivity contribution in [2.75, 3.05) is 12.8 Å². The van der Waals surface area contributed by atoms with E-state index in [9.17, 15) is 22.8 Å². The third-order valence-electron chi connectivity index (χ3n) is 4.54. The van der Waals surface area contributed by atoms with E-state index in [1.807, 2.05) is 0 Å². The monoisotopic (exact) mass is 379 g/mol. The van der Waals surface area contributed by atoms with Crippen molar-refractivity contribution in [1.82, 2.24) is 4.90 Å². The Morgan fingerprint density at radius 1 is 1.04 bits per heavy atom. The Balaban J connectivity index is 1.88. The van der Waals surface area contributed by atoms with E-state index in [4.69, 9.17) is 0 Å². The average Bonchev–Trinajstić information content (AvgIpc) is 2.63. The quantitative estimate of drug-likeness (QED) is 0.587. The molecule has 2 aromatic rings. The van der Waals surface area contributed by atoms with Crippen LogP contribution in [0.2, 0.25) is 0 Å². The van der Waals surface area contributed by atoms with E-state index in [1.54, 1.807) is 31.2 Å². The van der Waals surface area contributed by atoms with E-state index < -0.39 is 17.2 Å². The molecule has 0 fully saturated rings. The van der Waals surface area contributed by atoms with Crippen LogP contribution in [-0.4, -0.2) is 29.5 Å². The summed E-state index contributed by atoms with van der Waals surface area (Å²) >= 11 is 1.29. The number of likely N-dealkylation sites (N-methyl/N-ethyl adjacent to an activating group) is 1. The molecule has 1 unspecified atom stereocenters. The topological polar surface area (TPSA) is 37.4 Å². The van der Waals surface area contributed by atoms with Crippen LogP contribution >= 0.6 is 11.8 Å². The van der Waals surface area contributed by atoms with Crippen molar-refractivity contribution >= 4 is 23.6 Å². The van der Waals surface area contributed by atoms with E-state index in [0.717, 1.165) is 17.0 Å². The van der Waals surface area contributed by atoms with Crippen LogP contribution in [0.25, 0.3) is 0 Å². The standard InChI is InChI=1S/C19H16F3NO2S/c1-18(11-26-13-9-7-12(8-10-13)19(20,21)22)15-6-4-3-5-14(15)16(24)23(2)17(18)25/h3-10H,11H2,1-2H3. The van der Waals surface area contributed by atoms with Gasteiger partial charge in [-0.3, -0.25) is 14.5 Å². The van der Waals surface area contributed by atoms with E-state index >= 15 is 0 Å². The van der Waals surface area contributed by atoms with Gasteiger partial charge < -0.3 is 0 Å². The van der Waals surface area contributed by atoms with Gasteiger partial charge in [-0.25, -0.2) is 0 Å². The number of amides is 2. The Morgan fingerprint density at radius 3 is 2.27 bits per heavy atom. The fraction of sp³-hybridized carbons (Fsp3) is 0.263. The summed E-state index contributed by atoms with van der Waals surface area (Å²) in [7, 11) is 1.45. The van der Waals surface area contributed by atoms with Gasteiger partial charge in [-0.15, -0.1) is 11.8 Å². The van der Waals surface area contributed by atoms with Gasteiger partial charge in [-0.2, -0.15) is 13.2 Å². The molecule has 3 nitrogen and oxygen atoms in total. The number of benzene rings is 2. The summed E-state index contributed by atoms with van der Waals surface area (Å²) in [6, 6.07) is 11.8. The minimum Gasteiger partial charge on any atom is -0.281 e. The molecule has 1 atom stereocenters. The molecule has 0 saturated heterocycles. The van der Waals surface area contributed by atoms with Crippen LogP contribution < -0.4 is 0 Å². The summed E-state index contributed by atoms with van der Waals surface area (Å²) in [5.41, 5.74) is -0.526. The molecule has 0 spiro atoms. The SMILES string of the molecule is CN1C(=O)c2ccccc2C(C)(CSc2ccc(C(F)(F)F)cc2)C1=O. The third kappa shape index (κ3) is 3.11. The second-order valence-corrected chi connectivity index (χ2v) is 7.41. The molecule has 0 bridgehead atoms. The molecular formula is C19H16F3NO2S. The van der Waals surface area contributed by atoms with Gasteiger partial charge in [-0.1, -0.05) is 18.2 Å². The molecule has 7 heteroatoms. The molecule has 2 aromatic carbocycles. The van der Waals surface area contributed by atoms with Gasteiger partial charge in [0.2, 0.25) is 5.91 Å². The fourth-order valence-electron chi connectivity index (χ4n) is 3.02. The number of hydrogen-bond donors (Lipinski definition) is 0. The van der Waals surface area contributed by atoms with Crippen molar-refractivity contribution in [2.45, 2.75) is 23.4 Å². The van der Waals surface area contributed by atoms with Crippen molar-refractivity contribution in [1.29, 1.82) is 0 Å². The normalized spacial score (nSPS) is 20.3. The molecular weight excluding hydrogens is 363 g/mol. The zero-order valence-corrected chi connectivity index (χ0v) is 14.9. The highest BCUT2D eigenvalue weighted by Gasteiger charge is 2.46. The number of thioether (sulfide) groups is 1. The van der Waals surface area contributed by atoms with E-state index in [-0.39, 0.29) is 11.8 Å². The second kappa shape index (κ2) is 6.46. The summed E-state index contributed by atoms with van der Waals surface area (Å²) < 4.78 is 38.0. The maximum atomic E-state index is 12.8. The van der Waals surface area contributed by atoms with Gasteiger partial charge in [0.05, 0.1) is 11.0 Å². The van der Waals surface area contributed by atoms with Crippen molar-refractivity contribution < 1.29 is 22.8 Å². The number of rotatable bonds is 3. The van der Waals surface area contributed by atoms with E-state index in [0.29, 0.717) is 21.8 Å². The molecule has 1 aliphatic heterocycles. The van der Waals surface area contributed by atoms with Crippen molar-refractivity contribution in [2.24, 2.45) is 0 Å². The molecule has 136 valence electrons. The molecule has 0 radical (unpaired) electrons. The highest BCUT2D eigenvalue weighted by Crippen LogP contribution is 2.39. The molecule has 1 aliphatic rings. The lowest BCUT2D eigenvalue weighted by molar-refractivity contribution is -0.137. The van der Waals surface area contributed by atoms with Crippen LogP contribution in [0.1, 0.15) is 28.4 Å². The molecule has 0 saturated carbocycles. The number of fused-ring (bicyclic) bond motifs is 1. The molecule has 2 amide bonds. The van der Waals surface area contributed by atoms with Crippen LogP contribution in [0.4, 0.5) is 13.2 Å². The van der Waals surface area contributed by atoms with E-state index in [1.165, 1.54) is 30.9 Å². The van der Waals surface area contributed by atoms with Gasteiger partial charge in [0.1, 0.15) is 0 Å². The van der Waals surface area contributed by atoms with Crippen molar-refractivity contribution in [3.05, 3.63) is 65.2 Å². The highest BCUT2D eigenvalue weighted by molar-refractivity contribution is 7.99. The van der Waals surface area contributed by atoms with Crippen LogP contribution in [0.15, 0.2) is 53.4 Å². The summed E-state index contributed by atoms with van der Waals surface area (Å²) in [6.45, 7) is 1.76. The van der Waals surface area contributed by atoms with E-state index in [2.05, 4.69) is 0 Å². The Morgan fingerprint density at radius 2 is 1.65 bits per heavy atom. The first-order valence-electron chi connectivity index (χ1n) is 7.86. The van der Waals surface area contributed by atoms with Gasteiger partial charge in [0, 0.05) is 23.3 Å². The molecule has 3 rings (SSSR count). The lowest BCUT2D eigenvalue weighted by Gasteiger charge is -2.38. The predicted molar refractivity (Wildman–Crippen MR) is 93.1 cm³/mol. The van der Waals surface area contributed by atoms with Crippen molar-refractivity contribution in [3.63, 3.8) is 0 Å². The van der Waals surface area contributed by atoms with Gasteiger partial charge in [0.25, 0.3) is 5.91 Å². The van der Waals surface area contributed by atoms with Gasteiger partial charge >= 0.3 is 6.18 Å². The van der Waals surface area contributed by atoms with Crippen LogP contribution in [0, 0.1) is 0 Å². The molecule has 26 heavy (non-hydrogen) atoms. The highest BCUT2D eigenvalue weighted by atomic mass is 32.2. The summed E-state index contributed by atoms with van der Waals surface area (Å²) in [4.78, 5) is 26.8. The van der Waals surface area contributed by atoms with Crippen molar-refractivity contribution in [3.8, 4) is 0 Å². The third-order valence-corrected chi connectivity index (χ3v) is 5.87. The number of hydrogen-bond acceptors (Lipinski definition) is 3. The Hall–Kier alpha value is -2.28. The summed E-state index contributed by atoms with van der Waals surface area (Å²) in [5.74, 6) is -0.352. The van der Waals surface area contributed by atoms with Crippen LogP contribution in [-0.2, 0) is 16.4 Å². The minimum atomic E-state index is -4.38. The molecule has 0 aliphatic carbocycles. The fourth-order valence-corrected chi connectivity index (χ4v) is 4.08. The first-order chi connectivity index (χ1) is 12.1. The number of imide groups is 1. The van der Waals surface area contributed by atoms with Crippen LogP contribution in [0.5, 0.6) is 0 Å². The number of halogens is 3. The minimum absolute atomic E-state index is 0.311. The Kier molecular flexibility index (Phi) is 4.60. The predicted octanol–water partition coefficient (Wildman–Crippen LogP) is 4.37. The number of nitrogens with zero attached hydrogens (tertiary/aromatic N) is 1. The maximum Gasteiger partial charge on any atom is 0.416 e. The zero-order chi connectivity index (χ0) is 19.1. The largest absolute Gasteiger partial charge is 0.416 e. The smallest absolute Gasteiger partial charge is 0.281 e. The molecule has 0 N–H and O–H groups in total. The van der Waals surface area contributed by atoms with Gasteiger partial charge in [0.15, 0.2) is 0 Å². The first kappa shape index (κ1) is 18.5. The lowest BCUT2D eigenvalue weighted by atomic mass is 9.77. The summed E-state index contributed by atoms with van der Waals surface area (Å²) in [6.07, 6.45) is -4.38. The maximum absolute atomic E-state index is 12.8. The van der Waals surface area contributed by atoms with Gasteiger partial charge in [-0.05, 0) is 42.8 Å². The first-order valence-corrected chi connectivity index (χ1v) is 8.85. The lowest BCUT2D eigenvalue weighted by Crippen LogP contribution is -2.52. The number of carbonyl (C=O) groups is 2. The number of alkyl halides is 3. The second-order valence-electron chi connectivity index (χ2n) is 6.36.